The van der Waals surface area contributed by atoms with Crippen molar-refractivity contribution < 1.29 is 9.59 Å². The first-order chi connectivity index (χ1) is 7.13. The number of carbonyl (C=O) groups excluding carboxylic acids is 2. The van der Waals surface area contributed by atoms with E-state index in [1.807, 2.05) is 6.92 Å². The first kappa shape index (κ1) is 11.8. The quantitative estimate of drug-likeness (QED) is 0.703. The van der Waals surface area contributed by atoms with Crippen molar-refractivity contribution in [3.63, 3.8) is 0 Å². The fourth-order valence-corrected chi connectivity index (χ4v) is 1.46. The van der Waals surface area contributed by atoms with E-state index >= 15 is 0 Å². The molecule has 1 atom stereocenters. The molecule has 0 fully saturated rings. The van der Waals surface area contributed by atoms with Gasteiger partial charge in [-0.25, -0.2) is 0 Å². The number of amides is 1. The average molecular weight is 210 g/mol. The molecule has 1 amide bonds. The minimum atomic E-state index is -0.270. The smallest absolute Gasteiger partial charge is 0.242 e. The van der Waals surface area contributed by atoms with Gasteiger partial charge < -0.3 is 10.6 Å². The Kier molecular flexibility index (Phi) is 4.34. The Hall–Kier alpha value is -1.32. The van der Waals surface area contributed by atoms with Gasteiger partial charge in [-0.15, -0.1) is 0 Å². The van der Waals surface area contributed by atoms with Crippen molar-refractivity contribution in [1.82, 2.24) is 10.6 Å². The van der Waals surface area contributed by atoms with Crippen LogP contribution >= 0.6 is 0 Å². The van der Waals surface area contributed by atoms with Gasteiger partial charge in [0.05, 0.1) is 0 Å². The van der Waals surface area contributed by atoms with Gasteiger partial charge in [0.2, 0.25) is 5.91 Å². The minimum Gasteiger partial charge on any atom is -0.377 e. The van der Waals surface area contributed by atoms with Crippen LogP contribution in [0.2, 0.25) is 0 Å². The highest BCUT2D eigenvalue weighted by atomic mass is 16.2. The maximum atomic E-state index is 11.5. The molecule has 0 bridgehead atoms. The zero-order valence-electron chi connectivity index (χ0n) is 9.30. The lowest BCUT2D eigenvalue weighted by Crippen LogP contribution is -2.41. The lowest BCUT2D eigenvalue weighted by molar-refractivity contribution is -0.122. The summed E-state index contributed by atoms with van der Waals surface area (Å²) in [7, 11) is 0. The zero-order valence-corrected chi connectivity index (χ0v) is 9.30. The average Bonchev–Trinajstić information content (AvgIpc) is 2.60. The molecule has 1 aliphatic rings. The summed E-state index contributed by atoms with van der Waals surface area (Å²) in [5, 5.41) is 5.85. The van der Waals surface area contributed by atoms with Gasteiger partial charge >= 0.3 is 0 Å². The van der Waals surface area contributed by atoms with Crippen molar-refractivity contribution >= 4 is 11.7 Å². The number of hydrogen-bond donors (Lipinski definition) is 2. The molecule has 2 N–H and O–H groups in total. The van der Waals surface area contributed by atoms with Crippen LogP contribution in [0.15, 0.2) is 11.8 Å². The second kappa shape index (κ2) is 5.53. The van der Waals surface area contributed by atoms with E-state index < -0.39 is 0 Å². The molecule has 0 aromatic heterocycles. The van der Waals surface area contributed by atoms with Gasteiger partial charge in [0.25, 0.3) is 0 Å². The summed E-state index contributed by atoms with van der Waals surface area (Å²) in [6, 6.07) is -0.270. The molecular weight excluding hydrogens is 192 g/mol. The lowest BCUT2D eigenvalue weighted by Gasteiger charge is -2.15. The van der Waals surface area contributed by atoms with Crippen LogP contribution in [-0.4, -0.2) is 24.3 Å². The SMILES string of the molecule is CCCNC(=O)C(C)NC1=CC(=O)CC1. The molecule has 4 heteroatoms. The van der Waals surface area contributed by atoms with Crippen LogP contribution in [0, 0.1) is 0 Å². The normalized spacial score (nSPS) is 17.2. The van der Waals surface area contributed by atoms with Gasteiger partial charge in [-0.2, -0.15) is 0 Å². The molecule has 0 spiro atoms. The van der Waals surface area contributed by atoms with E-state index in [1.54, 1.807) is 13.0 Å². The number of allylic oxidation sites excluding steroid dienone is 2. The van der Waals surface area contributed by atoms with Crippen molar-refractivity contribution in [2.24, 2.45) is 0 Å². The molecule has 15 heavy (non-hydrogen) atoms. The summed E-state index contributed by atoms with van der Waals surface area (Å²) in [4.78, 5) is 22.4. The molecule has 4 nitrogen and oxygen atoms in total. The third kappa shape index (κ3) is 3.73. The first-order valence-electron chi connectivity index (χ1n) is 5.41. The summed E-state index contributed by atoms with van der Waals surface area (Å²) in [5.41, 5.74) is 0.874. The molecule has 0 aromatic carbocycles. The maximum absolute atomic E-state index is 11.5. The van der Waals surface area contributed by atoms with Gasteiger partial charge in [0, 0.05) is 24.7 Å². The summed E-state index contributed by atoms with van der Waals surface area (Å²) in [6.07, 6.45) is 3.80. The Morgan fingerprint density at radius 3 is 2.80 bits per heavy atom. The number of hydrogen-bond acceptors (Lipinski definition) is 3. The zero-order chi connectivity index (χ0) is 11.3. The molecule has 0 aliphatic heterocycles. The third-order valence-corrected chi connectivity index (χ3v) is 2.32. The van der Waals surface area contributed by atoms with E-state index in [0.717, 1.165) is 18.5 Å². The Morgan fingerprint density at radius 1 is 1.53 bits per heavy atom. The van der Waals surface area contributed by atoms with E-state index in [2.05, 4.69) is 10.6 Å². The molecule has 1 rings (SSSR count). The molecule has 1 aliphatic carbocycles. The predicted molar refractivity (Wildman–Crippen MR) is 58.2 cm³/mol. The summed E-state index contributed by atoms with van der Waals surface area (Å²) in [6.45, 7) is 4.51. The van der Waals surface area contributed by atoms with Crippen molar-refractivity contribution in [3.8, 4) is 0 Å². The number of carbonyl (C=O) groups is 2. The second-order valence-electron chi connectivity index (χ2n) is 3.79. The van der Waals surface area contributed by atoms with E-state index in [1.165, 1.54) is 0 Å². The minimum absolute atomic E-state index is 0.0166. The number of rotatable bonds is 5. The van der Waals surface area contributed by atoms with Crippen LogP contribution in [0.4, 0.5) is 0 Å². The van der Waals surface area contributed by atoms with E-state index in [9.17, 15) is 9.59 Å². The largest absolute Gasteiger partial charge is 0.377 e. The van der Waals surface area contributed by atoms with Gasteiger partial charge in [-0.3, -0.25) is 9.59 Å². The lowest BCUT2D eigenvalue weighted by atomic mass is 10.2. The van der Waals surface area contributed by atoms with Gasteiger partial charge in [-0.1, -0.05) is 6.92 Å². The number of ketones is 1. The molecule has 1 unspecified atom stereocenters. The predicted octanol–water partition coefficient (Wildman–Crippen LogP) is 0.737. The van der Waals surface area contributed by atoms with Crippen LogP contribution in [0.5, 0.6) is 0 Å². The second-order valence-corrected chi connectivity index (χ2v) is 3.79. The van der Waals surface area contributed by atoms with Crippen molar-refractivity contribution in [2.75, 3.05) is 6.54 Å². The van der Waals surface area contributed by atoms with Crippen molar-refractivity contribution in [1.29, 1.82) is 0 Å². The monoisotopic (exact) mass is 210 g/mol. The fraction of sp³-hybridized carbons (Fsp3) is 0.636. The molecular formula is C11H18N2O2. The standard InChI is InChI=1S/C11H18N2O2/c1-3-6-12-11(15)8(2)13-9-4-5-10(14)7-9/h7-8,13H,3-6H2,1-2H3,(H,12,15). The van der Waals surface area contributed by atoms with Crippen LogP contribution in [0.25, 0.3) is 0 Å². The summed E-state index contributed by atoms with van der Waals surface area (Å²) in [5.74, 6) is 0.121. The molecule has 0 heterocycles. The Labute approximate surface area is 90.1 Å². The van der Waals surface area contributed by atoms with Crippen LogP contribution < -0.4 is 10.6 Å². The topological polar surface area (TPSA) is 58.2 Å². The van der Waals surface area contributed by atoms with Gasteiger partial charge in [-0.05, 0) is 19.8 Å². The van der Waals surface area contributed by atoms with E-state index in [-0.39, 0.29) is 17.7 Å². The van der Waals surface area contributed by atoms with Crippen molar-refractivity contribution in [2.45, 2.75) is 39.2 Å². The highest BCUT2D eigenvalue weighted by Crippen LogP contribution is 2.12. The Balaban J connectivity index is 2.34. The summed E-state index contributed by atoms with van der Waals surface area (Å²) >= 11 is 0. The Bertz CT molecular complexity index is 284. The van der Waals surface area contributed by atoms with E-state index in [4.69, 9.17) is 0 Å². The summed E-state index contributed by atoms with van der Waals surface area (Å²) < 4.78 is 0. The van der Waals surface area contributed by atoms with Crippen LogP contribution in [-0.2, 0) is 9.59 Å². The van der Waals surface area contributed by atoms with E-state index in [0.29, 0.717) is 13.0 Å². The highest BCUT2D eigenvalue weighted by molar-refractivity contribution is 5.93. The van der Waals surface area contributed by atoms with Crippen LogP contribution in [0.3, 0.4) is 0 Å². The number of nitrogens with one attached hydrogen (secondary N) is 2. The molecule has 0 saturated carbocycles. The maximum Gasteiger partial charge on any atom is 0.242 e. The molecule has 84 valence electrons. The van der Waals surface area contributed by atoms with Gasteiger partial charge in [0.1, 0.15) is 6.04 Å². The third-order valence-electron chi connectivity index (χ3n) is 2.32. The van der Waals surface area contributed by atoms with Crippen LogP contribution in [0.1, 0.15) is 33.1 Å². The molecule has 0 saturated heterocycles. The Morgan fingerprint density at radius 2 is 2.27 bits per heavy atom. The molecule has 0 aromatic rings. The van der Waals surface area contributed by atoms with Crippen molar-refractivity contribution in [3.05, 3.63) is 11.8 Å². The molecule has 0 radical (unpaired) electrons. The van der Waals surface area contributed by atoms with Gasteiger partial charge in [0.15, 0.2) is 5.78 Å². The highest BCUT2D eigenvalue weighted by Gasteiger charge is 2.17. The first-order valence-corrected chi connectivity index (χ1v) is 5.41. The fourth-order valence-electron chi connectivity index (χ4n) is 1.46.